The van der Waals surface area contributed by atoms with E-state index >= 15 is 0 Å². The molecule has 0 spiro atoms. The highest BCUT2D eigenvalue weighted by molar-refractivity contribution is 7.15. The lowest BCUT2D eigenvalue weighted by Crippen LogP contribution is -2.20. The van der Waals surface area contributed by atoms with Crippen LogP contribution in [-0.4, -0.2) is 4.98 Å². The normalized spacial score (nSPS) is 10.3. The van der Waals surface area contributed by atoms with E-state index in [2.05, 4.69) is 10.4 Å². The highest BCUT2D eigenvalue weighted by atomic mass is 35.5. The summed E-state index contributed by atoms with van der Waals surface area (Å²) in [4.78, 5) is 5.11. The van der Waals surface area contributed by atoms with E-state index in [4.69, 9.17) is 17.4 Å². The van der Waals surface area contributed by atoms with Crippen molar-refractivity contribution in [2.75, 3.05) is 0 Å². The van der Waals surface area contributed by atoms with Crippen molar-refractivity contribution in [3.05, 3.63) is 15.0 Å². The average Bonchev–Trinajstić information content (AvgIpc) is 2.13. The minimum absolute atomic E-state index is 0.572. The van der Waals surface area contributed by atoms with Gasteiger partial charge in [-0.25, -0.2) is 4.98 Å². The van der Waals surface area contributed by atoms with Crippen molar-refractivity contribution >= 4 is 22.9 Å². The third kappa shape index (κ3) is 1.67. The summed E-state index contributed by atoms with van der Waals surface area (Å²) in [6.07, 6.45) is 0. The summed E-state index contributed by atoms with van der Waals surface area (Å²) < 4.78 is 0.572. The van der Waals surface area contributed by atoms with Crippen LogP contribution in [0.25, 0.3) is 0 Å². The van der Waals surface area contributed by atoms with Crippen LogP contribution in [0.2, 0.25) is 4.47 Å². The second-order valence-corrected chi connectivity index (χ2v) is 3.52. The van der Waals surface area contributed by atoms with E-state index < -0.39 is 0 Å². The van der Waals surface area contributed by atoms with Crippen LogP contribution < -0.4 is 11.3 Å². The van der Waals surface area contributed by atoms with Gasteiger partial charge in [0, 0.05) is 11.4 Å². The van der Waals surface area contributed by atoms with Crippen molar-refractivity contribution in [2.45, 2.75) is 13.5 Å². The first kappa shape index (κ1) is 7.94. The Kier molecular flexibility index (Phi) is 2.62. The molecule has 1 aromatic rings. The number of nitrogens with zero attached hydrogens (tertiary/aromatic N) is 1. The molecule has 1 heterocycles. The molecule has 0 aromatic carbocycles. The fourth-order valence-corrected chi connectivity index (χ4v) is 1.79. The van der Waals surface area contributed by atoms with Crippen LogP contribution in [0.1, 0.15) is 10.6 Å². The van der Waals surface area contributed by atoms with Gasteiger partial charge in [-0.3, -0.25) is 11.3 Å². The van der Waals surface area contributed by atoms with Gasteiger partial charge in [0.1, 0.15) is 0 Å². The predicted molar refractivity (Wildman–Crippen MR) is 42.9 cm³/mol. The van der Waals surface area contributed by atoms with Crippen molar-refractivity contribution in [1.82, 2.24) is 10.4 Å². The van der Waals surface area contributed by atoms with Crippen LogP contribution in [0.5, 0.6) is 0 Å². The summed E-state index contributed by atoms with van der Waals surface area (Å²) in [7, 11) is 0. The largest absolute Gasteiger partial charge is 0.271 e. The molecule has 0 saturated heterocycles. The maximum atomic E-state index is 5.64. The van der Waals surface area contributed by atoms with E-state index in [0.29, 0.717) is 11.0 Å². The van der Waals surface area contributed by atoms with Crippen molar-refractivity contribution < 1.29 is 0 Å². The van der Waals surface area contributed by atoms with Crippen molar-refractivity contribution in [3.8, 4) is 0 Å². The number of aryl methyl sites for hydroxylation is 1. The second kappa shape index (κ2) is 3.30. The van der Waals surface area contributed by atoms with Gasteiger partial charge in [0.15, 0.2) is 4.47 Å². The third-order valence-corrected chi connectivity index (χ3v) is 2.39. The number of nitrogens with one attached hydrogen (secondary N) is 1. The molecule has 3 nitrogen and oxygen atoms in total. The zero-order chi connectivity index (χ0) is 7.56. The smallest absolute Gasteiger partial charge is 0.184 e. The maximum absolute atomic E-state index is 5.64. The summed E-state index contributed by atoms with van der Waals surface area (Å²) in [6, 6.07) is 0. The lowest BCUT2D eigenvalue weighted by Gasteiger charge is -1.92. The Morgan fingerprint density at radius 1 is 1.80 bits per heavy atom. The maximum Gasteiger partial charge on any atom is 0.184 e. The molecule has 10 heavy (non-hydrogen) atoms. The molecule has 5 heteroatoms. The number of hydrogen-bond donors (Lipinski definition) is 2. The molecule has 0 aliphatic heterocycles. The van der Waals surface area contributed by atoms with E-state index in [0.717, 1.165) is 10.6 Å². The first-order chi connectivity index (χ1) is 4.74. The molecule has 0 saturated carbocycles. The summed E-state index contributed by atoms with van der Waals surface area (Å²) in [5, 5.41) is 0. The van der Waals surface area contributed by atoms with Gasteiger partial charge < -0.3 is 0 Å². The van der Waals surface area contributed by atoms with Gasteiger partial charge in [-0.2, -0.15) is 0 Å². The van der Waals surface area contributed by atoms with E-state index in [1.54, 1.807) is 0 Å². The van der Waals surface area contributed by atoms with Crippen LogP contribution in [-0.2, 0) is 6.54 Å². The fourth-order valence-electron chi connectivity index (χ4n) is 0.649. The molecule has 1 aromatic heterocycles. The minimum Gasteiger partial charge on any atom is -0.271 e. The molecule has 0 amide bonds. The first-order valence-electron chi connectivity index (χ1n) is 2.79. The Labute approximate surface area is 68.2 Å². The predicted octanol–water partition coefficient (Wildman–Crippen LogP) is 1.07. The molecule has 1 rings (SSSR count). The number of rotatable bonds is 2. The van der Waals surface area contributed by atoms with Crippen molar-refractivity contribution in [2.24, 2.45) is 5.84 Å². The number of nitrogens with two attached hydrogens (primary N) is 1. The lowest BCUT2D eigenvalue weighted by atomic mass is 10.4. The van der Waals surface area contributed by atoms with Crippen LogP contribution in [0.15, 0.2) is 0 Å². The Balaban J connectivity index is 2.81. The molecule has 0 atom stereocenters. The molecular formula is C5H8ClN3S. The van der Waals surface area contributed by atoms with Gasteiger partial charge >= 0.3 is 0 Å². The molecule has 0 aliphatic rings. The Bertz CT molecular complexity index is 223. The van der Waals surface area contributed by atoms with Crippen molar-refractivity contribution in [1.29, 1.82) is 0 Å². The van der Waals surface area contributed by atoms with Gasteiger partial charge in [0.25, 0.3) is 0 Å². The van der Waals surface area contributed by atoms with Gasteiger partial charge in [0.2, 0.25) is 0 Å². The molecule has 0 fully saturated rings. The molecule has 56 valence electrons. The van der Waals surface area contributed by atoms with Gasteiger partial charge in [-0.15, -0.1) is 11.3 Å². The highest BCUT2D eigenvalue weighted by Gasteiger charge is 2.03. The molecule has 0 aliphatic carbocycles. The van der Waals surface area contributed by atoms with Crippen LogP contribution in [0.3, 0.4) is 0 Å². The quantitative estimate of drug-likeness (QED) is 0.525. The summed E-state index contributed by atoms with van der Waals surface area (Å²) in [6.45, 7) is 2.55. The summed E-state index contributed by atoms with van der Waals surface area (Å²) in [5.74, 6) is 5.12. The fraction of sp³-hybridized carbons (Fsp3) is 0.400. The Morgan fingerprint density at radius 3 is 2.90 bits per heavy atom. The number of thiazole rings is 1. The van der Waals surface area contributed by atoms with Crippen LogP contribution in [0.4, 0.5) is 0 Å². The minimum atomic E-state index is 0.572. The van der Waals surface area contributed by atoms with Crippen LogP contribution >= 0.6 is 22.9 Å². The molecule has 0 radical (unpaired) electrons. The Morgan fingerprint density at radius 2 is 2.50 bits per heavy atom. The van der Waals surface area contributed by atoms with Gasteiger partial charge in [0.05, 0.1) is 5.69 Å². The lowest BCUT2D eigenvalue weighted by molar-refractivity contribution is 0.746. The van der Waals surface area contributed by atoms with Gasteiger partial charge in [-0.05, 0) is 6.92 Å². The Hall–Kier alpha value is -0.160. The van der Waals surface area contributed by atoms with E-state index in [9.17, 15) is 0 Å². The highest BCUT2D eigenvalue weighted by Crippen LogP contribution is 2.21. The number of hydrogen-bond acceptors (Lipinski definition) is 4. The third-order valence-electron chi connectivity index (χ3n) is 1.13. The zero-order valence-electron chi connectivity index (χ0n) is 5.52. The number of aromatic nitrogens is 1. The SMILES string of the molecule is Cc1nc(Cl)sc1CNN. The van der Waals surface area contributed by atoms with E-state index in [1.165, 1.54) is 11.3 Å². The zero-order valence-corrected chi connectivity index (χ0v) is 7.09. The molecule has 3 N–H and O–H groups in total. The van der Waals surface area contributed by atoms with E-state index in [-0.39, 0.29) is 0 Å². The monoisotopic (exact) mass is 177 g/mol. The first-order valence-corrected chi connectivity index (χ1v) is 3.98. The molecular weight excluding hydrogens is 170 g/mol. The number of hydrazine groups is 1. The van der Waals surface area contributed by atoms with Crippen molar-refractivity contribution in [3.63, 3.8) is 0 Å². The number of halogens is 1. The average molecular weight is 178 g/mol. The molecule has 0 unspecified atom stereocenters. The second-order valence-electron chi connectivity index (χ2n) is 1.86. The summed E-state index contributed by atoms with van der Waals surface area (Å²) >= 11 is 7.09. The van der Waals surface area contributed by atoms with Gasteiger partial charge in [-0.1, -0.05) is 11.6 Å². The van der Waals surface area contributed by atoms with Crippen LogP contribution in [0, 0.1) is 6.92 Å². The summed E-state index contributed by atoms with van der Waals surface area (Å²) in [5.41, 5.74) is 3.50. The van der Waals surface area contributed by atoms with E-state index in [1.807, 2.05) is 6.92 Å². The standard InChI is InChI=1S/C5H8ClN3S/c1-3-4(2-8-7)10-5(6)9-3/h8H,2,7H2,1H3. The topological polar surface area (TPSA) is 50.9 Å². The molecule has 0 bridgehead atoms.